The Kier molecular flexibility index (Phi) is 2.34. The first-order chi connectivity index (χ1) is 6.95. The maximum atomic E-state index is 3.67. The summed E-state index contributed by atoms with van der Waals surface area (Å²) < 4.78 is 0. The third kappa shape index (κ3) is 1.41. The van der Waals surface area contributed by atoms with Crippen LogP contribution in [0.25, 0.3) is 0 Å². The molecule has 0 bridgehead atoms. The number of nitrogens with one attached hydrogen (secondary N) is 2. The molecule has 2 heteroatoms. The van der Waals surface area contributed by atoms with Crippen molar-refractivity contribution in [3.63, 3.8) is 0 Å². The van der Waals surface area contributed by atoms with Gasteiger partial charge >= 0.3 is 0 Å². The van der Waals surface area contributed by atoms with E-state index in [2.05, 4.69) is 10.6 Å². The van der Waals surface area contributed by atoms with Crippen LogP contribution < -0.4 is 10.6 Å². The summed E-state index contributed by atoms with van der Waals surface area (Å²) in [6.45, 7) is 3.65. The number of rotatable bonds is 0. The summed E-state index contributed by atoms with van der Waals surface area (Å²) in [4.78, 5) is 0. The summed E-state index contributed by atoms with van der Waals surface area (Å²) in [5.74, 6) is 0.933. The highest BCUT2D eigenvalue weighted by Gasteiger charge is 2.31. The lowest BCUT2D eigenvalue weighted by molar-refractivity contribution is 0.341. The van der Waals surface area contributed by atoms with Crippen molar-refractivity contribution < 1.29 is 0 Å². The summed E-state index contributed by atoms with van der Waals surface area (Å²) in [5, 5.41) is 7.20. The van der Waals surface area contributed by atoms with Gasteiger partial charge in [-0.15, -0.1) is 0 Å². The molecule has 0 saturated carbocycles. The molecule has 2 aliphatic heterocycles. The number of fused-ring (bicyclic) bond motifs is 2. The van der Waals surface area contributed by atoms with Crippen molar-refractivity contribution in [2.24, 2.45) is 5.92 Å². The van der Waals surface area contributed by atoms with Crippen molar-refractivity contribution in [1.29, 1.82) is 0 Å². The Balaban J connectivity index is 1.90. The molecule has 0 radical (unpaired) electrons. The Morgan fingerprint density at radius 2 is 2.00 bits per heavy atom. The molecular formula is C12H20N2. The van der Waals surface area contributed by atoms with E-state index in [9.17, 15) is 0 Å². The third-order valence-electron chi connectivity index (χ3n) is 4.13. The van der Waals surface area contributed by atoms with E-state index in [1.807, 2.05) is 0 Å². The molecule has 2 saturated heterocycles. The van der Waals surface area contributed by atoms with Gasteiger partial charge in [0.2, 0.25) is 0 Å². The van der Waals surface area contributed by atoms with Crippen LogP contribution in [0.1, 0.15) is 32.1 Å². The van der Waals surface area contributed by atoms with Gasteiger partial charge in [-0.05, 0) is 51.1 Å². The highest BCUT2D eigenvalue weighted by atomic mass is 14.9. The standard InChI is InChI=1S/C12H20N2/c1-2-10-11-8-13-7-5-9(11)3-4-12(10)14-6-1/h9,12-14H,1-8H2. The van der Waals surface area contributed by atoms with Gasteiger partial charge in [0.25, 0.3) is 0 Å². The Morgan fingerprint density at radius 3 is 3.00 bits per heavy atom. The van der Waals surface area contributed by atoms with Gasteiger partial charge in [0.1, 0.15) is 0 Å². The zero-order valence-electron chi connectivity index (χ0n) is 8.81. The molecule has 2 N–H and O–H groups in total. The van der Waals surface area contributed by atoms with Gasteiger partial charge in [0.15, 0.2) is 0 Å². The van der Waals surface area contributed by atoms with Crippen molar-refractivity contribution in [3.05, 3.63) is 11.1 Å². The summed E-state index contributed by atoms with van der Waals surface area (Å²) in [5.41, 5.74) is 3.56. The fraction of sp³-hybridized carbons (Fsp3) is 0.833. The second-order valence-electron chi connectivity index (χ2n) is 4.90. The van der Waals surface area contributed by atoms with E-state index in [0.29, 0.717) is 0 Å². The molecule has 0 aromatic carbocycles. The van der Waals surface area contributed by atoms with Crippen LogP contribution in [0.3, 0.4) is 0 Å². The molecule has 2 heterocycles. The van der Waals surface area contributed by atoms with E-state index in [1.165, 1.54) is 51.7 Å². The van der Waals surface area contributed by atoms with E-state index in [0.717, 1.165) is 12.0 Å². The van der Waals surface area contributed by atoms with Crippen LogP contribution in [0.4, 0.5) is 0 Å². The molecule has 0 aromatic heterocycles. The minimum absolute atomic E-state index is 0.745. The normalized spacial score (nSPS) is 37.7. The second kappa shape index (κ2) is 3.67. The van der Waals surface area contributed by atoms with Gasteiger partial charge in [-0.2, -0.15) is 0 Å². The van der Waals surface area contributed by atoms with Gasteiger partial charge in [-0.1, -0.05) is 11.1 Å². The van der Waals surface area contributed by atoms with Crippen molar-refractivity contribution >= 4 is 0 Å². The molecule has 0 aromatic rings. The minimum Gasteiger partial charge on any atom is -0.313 e. The quantitative estimate of drug-likeness (QED) is 0.567. The number of piperidine rings is 2. The Hall–Kier alpha value is -0.340. The SMILES string of the molecule is C1CNC2CCC3CCNCC3=C2C1. The van der Waals surface area contributed by atoms with E-state index in [-0.39, 0.29) is 0 Å². The predicted octanol–water partition coefficient (Wildman–Crippen LogP) is 1.44. The lowest BCUT2D eigenvalue weighted by atomic mass is 9.74. The van der Waals surface area contributed by atoms with Crippen molar-refractivity contribution in [2.45, 2.75) is 38.1 Å². The van der Waals surface area contributed by atoms with E-state index in [4.69, 9.17) is 0 Å². The van der Waals surface area contributed by atoms with Crippen molar-refractivity contribution in [2.75, 3.05) is 19.6 Å². The third-order valence-corrected chi connectivity index (χ3v) is 4.13. The maximum Gasteiger partial charge on any atom is 0.0282 e. The van der Waals surface area contributed by atoms with Gasteiger partial charge in [0.05, 0.1) is 0 Å². The molecule has 78 valence electrons. The minimum atomic E-state index is 0.745. The molecule has 0 spiro atoms. The Labute approximate surface area is 86.1 Å². The van der Waals surface area contributed by atoms with Gasteiger partial charge in [0, 0.05) is 12.6 Å². The average Bonchev–Trinajstić information content (AvgIpc) is 2.29. The topological polar surface area (TPSA) is 24.1 Å². The number of hydrogen-bond acceptors (Lipinski definition) is 2. The Morgan fingerprint density at radius 1 is 1.00 bits per heavy atom. The van der Waals surface area contributed by atoms with E-state index >= 15 is 0 Å². The molecule has 2 atom stereocenters. The molecule has 2 fully saturated rings. The van der Waals surface area contributed by atoms with Crippen molar-refractivity contribution in [3.8, 4) is 0 Å². The molecule has 3 rings (SSSR count). The first-order valence-corrected chi connectivity index (χ1v) is 6.11. The first-order valence-electron chi connectivity index (χ1n) is 6.11. The molecule has 0 amide bonds. The second-order valence-corrected chi connectivity index (χ2v) is 4.90. The van der Waals surface area contributed by atoms with E-state index < -0.39 is 0 Å². The fourth-order valence-corrected chi connectivity index (χ4v) is 3.39. The highest BCUT2D eigenvalue weighted by molar-refractivity contribution is 5.29. The fourth-order valence-electron chi connectivity index (χ4n) is 3.39. The summed E-state index contributed by atoms with van der Waals surface area (Å²) in [6.07, 6.45) is 6.92. The van der Waals surface area contributed by atoms with Crippen LogP contribution in [0, 0.1) is 5.92 Å². The molecule has 3 aliphatic rings. The largest absolute Gasteiger partial charge is 0.313 e. The zero-order chi connectivity index (χ0) is 9.38. The summed E-state index contributed by atoms with van der Waals surface area (Å²) in [7, 11) is 0. The molecule has 1 aliphatic carbocycles. The lowest BCUT2D eigenvalue weighted by Crippen LogP contribution is -2.43. The maximum absolute atomic E-state index is 3.67. The highest BCUT2D eigenvalue weighted by Crippen LogP contribution is 2.37. The van der Waals surface area contributed by atoms with E-state index in [1.54, 1.807) is 11.1 Å². The Bertz CT molecular complexity index is 231. The van der Waals surface area contributed by atoms with Crippen LogP contribution in [0.5, 0.6) is 0 Å². The molecule has 2 unspecified atom stereocenters. The smallest absolute Gasteiger partial charge is 0.0282 e. The lowest BCUT2D eigenvalue weighted by Gasteiger charge is -2.40. The zero-order valence-corrected chi connectivity index (χ0v) is 8.81. The van der Waals surface area contributed by atoms with Gasteiger partial charge < -0.3 is 10.6 Å². The monoisotopic (exact) mass is 192 g/mol. The summed E-state index contributed by atoms with van der Waals surface area (Å²) in [6, 6.07) is 0.745. The van der Waals surface area contributed by atoms with Crippen LogP contribution in [-0.2, 0) is 0 Å². The van der Waals surface area contributed by atoms with Crippen LogP contribution in [0.2, 0.25) is 0 Å². The van der Waals surface area contributed by atoms with Crippen LogP contribution in [-0.4, -0.2) is 25.7 Å². The molecule has 2 nitrogen and oxygen atoms in total. The van der Waals surface area contributed by atoms with Gasteiger partial charge in [-0.3, -0.25) is 0 Å². The number of hydrogen-bond donors (Lipinski definition) is 2. The van der Waals surface area contributed by atoms with Gasteiger partial charge in [-0.25, -0.2) is 0 Å². The van der Waals surface area contributed by atoms with Crippen molar-refractivity contribution in [1.82, 2.24) is 10.6 Å². The first kappa shape index (κ1) is 8.93. The van der Waals surface area contributed by atoms with Crippen LogP contribution in [0.15, 0.2) is 11.1 Å². The van der Waals surface area contributed by atoms with Crippen LogP contribution >= 0.6 is 0 Å². The summed E-state index contributed by atoms with van der Waals surface area (Å²) >= 11 is 0. The average molecular weight is 192 g/mol. The molecule has 14 heavy (non-hydrogen) atoms. The molecular weight excluding hydrogens is 172 g/mol. The predicted molar refractivity (Wildman–Crippen MR) is 58.3 cm³/mol.